The Bertz CT molecular complexity index is 316. The minimum Gasteiger partial charge on any atom is -0.380 e. The fourth-order valence-electron chi connectivity index (χ4n) is 1.11. The monoisotopic (exact) mass is 223 g/mol. The molecule has 1 atom stereocenters. The Kier molecular flexibility index (Phi) is 3.98. The van der Waals surface area contributed by atoms with Crippen molar-refractivity contribution in [2.24, 2.45) is 0 Å². The highest BCUT2D eigenvalue weighted by Crippen LogP contribution is 2.26. The normalized spacial score (nSPS) is 16.9. The van der Waals surface area contributed by atoms with E-state index in [1.807, 2.05) is 18.2 Å². The van der Waals surface area contributed by atoms with Crippen molar-refractivity contribution in [1.82, 2.24) is 0 Å². The Hall–Kier alpha value is -0.603. The second-order valence-corrected chi connectivity index (χ2v) is 8.36. The molecule has 1 aromatic carbocycles. The highest BCUT2D eigenvalue weighted by Gasteiger charge is 2.21. The van der Waals surface area contributed by atoms with Gasteiger partial charge in [0.1, 0.15) is 0 Å². The largest absolute Gasteiger partial charge is 0.380 e. The lowest BCUT2D eigenvalue weighted by Gasteiger charge is -2.25. The van der Waals surface area contributed by atoms with E-state index in [1.54, 1.807) is 0 Å². The number of ether oxygens (including phenoxy) is 1. The zero-order chi connectivity index (χ0) is 12.2. The molecule has 0 aliphatic rings. The van der Waals surface area contributed by atoms with Crippen LogP contribution in [0.3, 0.4) is 0 Å². The van der Waals surface area contributed by atoms with Crippen molar-refractivity contribution in [1.29, 1.82) is 1.23 Å². The fraction of sp³-hybridized carbons (Fsp3) is 0.538. The van der Waals surface area contributed by atoms with Crippen LogP contribution in [0, 0.1) is 0 Å². The van der Waals surface area contributed by atoms with Gasteiger partial charge in [-0.2, -0.15) is 0 Å². The summed E-state index contributed by atoms with van der Waals surface area (Å²) in [6.45, 7) is 9.10. The van der Waals surface area contributed by atoms with Gasteiger partial charge in [0.05, 0.1) is 15.3 Å². The SMILES string of the molecule is [2H][Si](C)(COCc1ccccc1)C(C)(C)C. The molecule has 84 valence electrons. The number of hydrogen-bond donors (Lipinski definition) is 0. The molecule has 0 aliphatic carbocycles. The molecule has 2 heteroatoms. The quantitative estimate of drug-likeness (QED) is 0.711. The Morgan fingerprint density at radius 2 is 1.87 bits per heavy atom. The maximum Gasteiger partial charge on any atom is 0.0712 e. The van der Waals surface area contributed by atoms with Crippen LogP contribution >= 0.6 is 0 Å². The van der Waals surface area contributed by atoms with E-state index >= 15 is 0 Å². The minimum atomic E-state index is -2.03. The third-order valence-electron chi connectivity index (χ3n) is 2.71. The van der Waals surface area contributed by atoms with Crippen molar-refractivity contribution < 1.29 is 4.74 Å². The van der Waals surface area contributed by atoms with Crippen LogP contribution in [0.15, 0.2) is 30.3 Å². The van der Waals surface area contributed by atoms with Crippen LogP contribution in [0.5, 0.6) is 0 Å². The van der Waals surface area contributed by atoms with E-state index in [-0.39, 0.29) is 5.04 Å². The Labute approximate surface area is 96.3 Å². The van der Waals surface area contributed by atoms with Gasteiger partial charge < -0.3 is 4.74 Å². The van der Waals surface area contributed by atoms with Crippen LogP contribution in [0.1, 0.15) is 26.3 Å². The first-order valence-electron chi connectivity index (χ1n) is 5.95. The van der Waals surface area contributed by atoms with Gasteiger partial charge in [0.25, 0.3) is 0 Å². The third kappa shape index (κ3) is 4.63. The zero-order valence-electron chi connectivity index (χ0n) is 11.2. The second-order valence-electron chi connectivity index (χ2n) is 5.01. The van der Waals surface area contributed by atoms with E-state index in [9.17, 15) is 0 Å². The summed E-state index contributed by atoms with van der Waals surface area (Å²) >= 11 is 0. The first-order valence-corrected chi connectivity index (χ1v) is 7.65. The average Bonchev–Trinajstić information content (AvgIpc) is 2.17. The van der Waals surface area contributed by atoms with E-state index in [0.717, 1.165) is 0 Å². The molecule has 0 amide bonds. The van der Waals surface area contributed by atoms with Gasteiger partial charge in [0.15, 0.2) is 0 Å². The number of hydrogen-bond acceptors (Lipinski definition) is 1. The Morgan fingerprint density at radius 1 is 1.27 bits per heavy atom. The molecule has 1 aromatic rings. The molecule has 0 bridgehead atoms. The first-order chi connectivity index (χ1) is 7.33. The predicted molar refractivity (Wildman–Crippen MR) is 68.8 cm³/mol. The van der Waals surface area contributed by atoms with Crippen LogP contribution < -0.4 is 0 Å². The second kappa shape index (κ2) is 5.47. The van der Waals surface area contributed by atoms with Crippen LogP contribution in [-0.2, 0) is 11.3 Å². The maximum absolute atomic E-state index is 8.36. The summed E-state index contributed by atoms with van der Waals surface area (Å²) in [5.41, 5.74) is 1.18. The average molecular weight is 223 g/mol. The molecule has 0 aromatic heterocycles. The molecular formula is C13H22OSi. The van der Waals surface area contributed by atoms with Crippen LogP contribution in [0.25, 0.3) is 0 Å². The van der Waals surface area contributed by atoms with Crippen molar-refractivity contribution in [2.75, 3.05) is 6.23 Å². The first kappa shape index (κ1) is 10.9. The summed E-state index contributed by atoms with van der Waals surface area (Å²) in [5, 5.41) is 0.0731. The summed E-state index contributed by atoms with van der Waals surface area (Å²) in [6, 6.07) is 10.1. The van der Waals surface area contributed by atoms with Crippen molar-refractivity contribution in [3.8, 4) is 0 Å². The summed E-state index contributed by atoms with van der Waals surface area (Å²) in [6.07, 6.45) is 0.603. The topological polar surface area (TPSA) is 9.23 Å². The molecule has 0 aliphatic heterocycles. The van der Waals surface area contributed by atoms with Gasteiger partial charge in [-0.25, -0.2) is 0 Å². The molecule has 1 unspecified atom stereocenters. The summed E-state index contributed by atoms with van der Waals surface area (Å²) in [7, 11) is -2.03. The highest BCUT2D eigenvalue weighted by atomic mass is 28.3. The van der Waals surface area contributed by atoms with Crippen LogP contribution in [0.2, 0.25) is 11.6 Å². The van der Waals surface area contributed by atoms with Gasteiger partial charge in [0.2, 0.25) is 0 Å². The van der Waals surface area contributed by atoms with Crippen molar-refractivity contribution in [2.45, 2.75) is 39.0 Å². The molecule has 0 heterocycles. The summed E-state index contributed by atoms with van der Waals surface area (Å²) in [5.74, 6) is 0. The van der Waals surface area contributed by atoms with Gasteiger partial charge in [-0.15, -0.1) is 0 Å². The predicted octanol–water partition coefficient (Wildman–Crippen LogP) is 3.40. The van der Waals surface area contributed by atoms with Crippen molar-refractivity contribution in [3.63, 3.8) is 0 Å². The van der Waals surface area contributed by atoms with E-state index in [1.165, 1.54) is 5.56 Å². The molecule has 1 nitrogen and oxygen atoms in total. The van der Waals surface area contributed by atoms with E-state index in [2.05, 4.69) is 39.5 Å². The minimum absolute atomic E-state index is 0.0731. The van der Waals surface area contributed by atoms with E-state index in [0.29, 0.717) is 12.8 Å². The maximum atomic E-state index is 8.36. The molecule has 0 fully saturated rings. The van der Waals surface area contributed by atoms with Crippen molar-refractivity contribution in [3.05, 3.63) is 35.9 Å². The fourth-order valence-corrected chi connectivity index (χ4v) is 1.95. The lowest BCUT2D eigenvalue weighted by Crippen LogP contribution is -2.27. The lowest BCUT2D eigenvalue weighted by atomic mass is 10.2. The number of benzene rings is 1. The van der Waals surface area contributed by atoms with Crippen LogP contribution in [-0.4, -0.2) is 16.2 Å². The standard InChI is InChI=1S/C13H22OSi/c1-13(2,3)15(4)11-14-10-12-8-6-5-7-9-12/h5-9,15H,10-11H2,1-4H3/i15D. The summed E-state index contributed by atoms with van der Waals surface area (Å²) in [4.78, 5) is 0. The summed E-state index contributed by atoms with van der Waals surface area (Å²) < 4.78 is 14.0. The Morgan fingerprint density at radius 3 is 2.40 bits per heavy atom. The smallest absolute Gasteiger partial charge is 0.0712 e. The van der Waals surface area contributed by atoms with Gasteiger partial charge in [-0.05, 0) is 10.6 Å². The highest BCUT2D eigenvalue weighted by molar-refractivity contribution is 6.60. The zero-order valence-corrected chi connectivity index (χ0v) is 11.2. The molecule has 0 radical (unpaired) electrons. The van der Waals surface area contributed by atoms with Crippen LogP contribution in [0.4, 0.5) is 0 Å². The van der Waals surface area contributed by atoms with Gasteiger partial charge in [0, 0.05) is 7.46 Å². The molecule has 15 heavy (non-hydrogen) atoms. The molecule has 0 spiro atoms. The Balaban J connectivity index is 2.42. The van der Waals surface area contributed by atoms with Gasteiger partial charge in [-0.1, -0.05) is 57.7 Å². The van der Waals surface area contributed by atoms with Gasteiger partial charge in [-0.3, -0.25) is 0 Å². The van der Waals surface area contributed by atoms with Gasteiger partial charge >= 0.3 is 0 Å². The van der Waals surface area contributed by atoms with E-state index < -0.39 is 8.73 Å². The molecule has 1 rings (SSSR count). The lowest BCUT2D eigenvalue weighted by molar-refractivity contribution is 0.159. The molecule has 0 saturated carbocycles. The third-order valence-corrected chi connectivity index (χ3v) is 5.91. The van der Waals surface area contributed by atoms with Crippen molar-refractivity contribution >= 4 is 8.73 Å². The molecular weight excluding hydrogens is 200 g/mol. The molecule has 0 N–H and O–H groups in total. The number of rotatable bonds is 4. The molecule has 0 saturated heterocycles. The van der Waals surface area contributed by atoms with E-state index in [4.69, 9.17) is 5.97 Å².